The molecule has 7 heteroatoms. The molecule has 0 saturated carbocycles. The van der Waals surface area contributed by atoms with Crippen LogP contribution >= 0.6 is 0 Å². The van der Waals surface area contributed by atoms with Crippen LogP contribution in [0.15, 0.2) is 53.6 Å². The summed E-state index contributed by atoms with van der Waals surface area (Å²) >= 11 is 0. The molecular weight excluding hydrogens is 358 g/mol. The summed E-state index contributed by atoms with van der Waals surface area (Å²) in [6, 6.07) is 11.5. The van der Waals surface area contributed by atoms with Gasteiger partial charge in [0.2, 0.25) is 5.91 Å². The molecule has 0 bridgehead atoms. The lowest BCUT2D eigenvalue weighted by Crippen LogP contribution is -2.36. The first-order valence-electron chi connectivity index (χ1n) is 8.95. The highest BCUT2D eigenvalue weighted by molar-refractivity contribution is 5.95. The minimum atomic E-state index is -0.726. The average molecular weight is 381 g/mol. The molecule has 1 aromatic heterocycles. The molecule has 0 aliphatic carbocycles. The smallest absolute Gasteiger partial charge is 0.261 e. The molecule has 0 saturated heterocycles. The van der Waals surface area contributed by atoms with Gasteiger partial charge in [-0.1, -0.05) is 26.0 Å². The van der Waals surface area contributed by atoms with Gasteiger partial charge in [0.1, 0.15) is 17.5 Å². The summed E-state index contributed by atoms with van der Waals surface area (Å²) in [5.74, 6) is 0.631. The van der Waals surface area contributed by atoms with Crippen LogP contribution < -0.4 is 20.3 Å². The van der Waals surface area contributed by atoms with Crippen LogP contribution in [0.2, 0.25) is 0 Å². The van der Waals surface area contributed by atoms with E-state index in [0.717, 1.165) is 0 Å². The van der Waals surface area contributed by atoms with E-state index in [2.05, 4.69) is 10.3 Å². The van der Waals surface area contributed by atoms with Gasteiger partial charge < -0.3 is 14.8 Å². The molecule has 1 amide bonds. The Bertz CT molecular complexity index is 1060. The lowest BCUT2D eigenvalue weighted by Gasteiger charge is -2.23. The number of rotatable bonds is 6. The summed E-state index contributed by atoms with van der Waals surface area (Å²) in [5, 5.41) is 3.34. The Balaban J connectivity index is 1.99. The predicted molar refractivity (Wildman–Crippen MR) is 108 cm³/mol. The first-order valence-corrected chi connectivity index (χ1v) is 8.95. The Morgan fingerprint density at radius 2 is 1.86 bits per heavy atom. The number of hydrogen-bond donors (Lipinski definition) is 1. The Kier molecular flexibility index (Phi) is 5.63. The van der Waals surface area contributed by atoms with Crippen molar-refractivity contribution < 1.29 is 14.3 Å². The van der Waals surface area contributed by atoms with Crippen molar-refractivity contribution in [3.63, 3.8) is 0 Å². The normalized spacial score (nSPS) is 12.0. The van der Waals surface area contributed by atoms with E-state index in [9.17, 15) is 9.59 Å². The van der Waals surface area contributed by atoms with E-state index in [0.29, 0.717) is 28.1 Å². The maximum Gasteiger partial charge on any atom is 0.261 e. The Morgan fingerprint density at radius 1 is 1.11 bits per heavy atom. The predicted octanol–water partition coefficient (Wildman–Crippen LogP) is 3.25. The highest BCUT2D eigenvalue weighted by Crippen LogP contribution is 2.30. The standard InChI is InChI=1S/C21H23N3O4/c1-13(2)19(24-12-22-16-8-6-5-7-15(16)21(24)26)20(25)23-17-10-9-14(27-3)11-18(17)28-4/h5-13,19H,1-4H3,(H,23,25)/t19-/m1/s1. The van der Waals surface area contributed by atoms with E-state index in [-0.39, 0.29) is 17.4 Å². The molecule has 1 heterocycles. The minimum absolute atomic E-state index is 0.134. The highest BCUT2D eigenvalue weighted by atomic mass is 16.5. The second-order valence-corrected chi connectivity index (χ2v) is 6.72. The van der Waals surface area contributed by atoms with Gasteiger partial charge in [0, 0.05) is 6.07 Å². The average Bonchev–Trinajstić information content (AvgIpc) is 2.70. The molecule has 1 atom stereocenters. The molecule has 0 aliphatic rings. The third kappa shape index (κ3) is 3.69. The summed E-state index contributed by atoms with van der Waals surface area (Å²) < 4.78 is 11.9. The maximum atomic E-state index is 13.1. The Hall–Kier alpha value is -3.35. The van der Waals surface area contributed by atoms with E-state index in [1.165, 1.54) is 18.0 Å². The first-order chi connectivity index (χ1) is 13.5. The van der Waals surface area contributed by atoms with Crippen LogP contribution in [-0.2, 0) is 4.79 Å². The summed E-state index contributed by atoms with van der Waals surface area (Å²) in [7, 11) is 3.07. The fourth-order valence-electron chi connectivity index (χ4n) is 3.14. The quantitative estimate of drug-likeness (QED) is 0.709. The third-order valence-corrected chi connectivity index (χ3v) is 4.56. The molecule has 1 N–H and O–H groups in total. The van der Waals surface area contributed by atoms with E-state index in [4.69, 9.17) is 9.47 Å². The zero-order valence-electron chi connectivity index (χ0n) is 16.3. The fourth-order valence-corrected chi connectivity index (χ4v) is 3.14. The number of ether oxygens (including phenoxy) is 2. The SMILES string of the molecule is COc1ccc(NC(=O)[C@@H](C(C)C)n2cnc3ccccc3c2=O)c(OC)c1. The van der Waals surface area contributed by atoms with Crippen molar-refractivity contribution in [1.82, 2.24) is 9.55 Å². The van der Waals surface area contributed by atoms with E-state index < -0.39 is 6.04 Å². The summed E-state index contributed by atoms with van der Waals surface area (Å²) in [6.45, 7) is 3.77. The van der Waals surface area contributed by atoms with Crippen LogP contribution in [0, 0.1) is 5.92 Å². The van der Waals surface area contributed by atoms with Gasteiger partial charge in [0.05, 0.1) is 37.1 Å². The van der Waals surface area contributed by atoms with Gasteiger partial charge in [-0.05, 0) is 30.2 Å². The van der Waals surface area contributed by atoms with Crippen molar-refractivity contribution in [2.45, 2.75) is 19.9 Å². The molecule has 0 radical (unpaired) electrons. The Labute approximate surface area is 162 Å². The number of nitrogens with zero attached hydrogens (tertiary/aromatic N) is 2. The summed E-state index contributed by atoms with van der Waals surface area (Å²) in [6.07, 6.45) is 1.43. The topological polar surface area (TPSA) is 82.5 Å². The van der Waals surface area contributed by atoms with Crippen molar-refractivity contribution in [3.05, 3.63) is 59.1 Å². The first kappa shape index (κ1) is 19.4. The summed E-state index contributed by atoms with van der Waals surface area (Å²) in [4.78, 5) is 30.4. The number of carbonyl (C=O) groups excluding carboxylic acids is 1. The molecular formula is C21H23N3O4. The van der Waals surface area contributed by atoms with Crippen molar-refractivity contribution in [2.75, 3.05) is 19.5 Å². The second kappa shape index (κ2) is 8.12. The van der Waals surface area contributed by atoms with Gasteiger partial charge in [0.15, 0.2) is 0 Å². The number of aromatic nitrogens is 2. The van der Waals surface area contributed by atoms with Crippen molar-refractivity contribution >= 4 is 22.5 Å². The van der Waals surface area contributed by atoms with Crippen molar-refractivity contribution in [2.24, 2.45) is 5.92 Å². The van der Waals surface area contributed by atoms with Crippen molar-refractivity contribution in [1.29, 1.82) is 0 Å². The molecule has 0 spiro atoms. The van der Waals surface area contributed by atoms with Crippen LogP contribution in [0.1, 0.15) is 19.9 Å². The fraction of sp³-hybridized carbons (Fsp3) is 0.286. The zero-order chi connectivity index (χ0) is 20.3. The molecule has 0 aliphatic heterocycles. The third-order valence-electron chi connectivity index (χ3n) is 4.56. The highest BCUT2D eigenvalue weighted by Gasteiger charge is 2.26. The van der Waals surface area contributed by atoms with Crippen LogP contribution in [0.3, 0.4) is 0 Å². The summed E-state index contributed by atoms with van der Waals surface area (Å²) in [5.41, 5.74) is 0.852. The second-order valence-electron chi connectivity index (χ2n) is 6.72. The van der Waals surface area contributed by atoms with Crippen molar-refractivity contribution in [3.8, 4) is 11.5 Å². The number of carbonyl (C=O) groups is 1. The van der Waals surface area contributed by atoms with Gasteiger partial charge in [0.25, 0.3) is 5.56 Å². The van der Waals surface area contributed by atoms with E-state index >= 15 is 0 Å². The van der Waals surface area contributed by atoms with Gasteiger partial charge in [-0.3, -0.25) is 14.2 Å². The van der Waals surface area contributed by atoms with Gasteiger partial charge in [-0.2, -0.15) is 0 Å². The molecule has 28 heavy (non-hydrogen) atoms. The lowest BCUT2D eigenvalue weighted by atomic mass is 10.0. The minimum Gasteiger partial charge on any atom is -0.497 e. The van der Waals surface area contributed by atoms with Crippen LogP contribution in [-0.4, -0.2) is 29.7 Å². The molecule has 3 aromatic rings. The number of benzene rings is 2. The largest absolute Gasteiger partial charge is 0.497 e. The number of nitrogens with one attached hydrogen (secondary N) is 1. The van der Waals surface area contributed by atoms with Crippen LogP contribution in [0.4, 0.5) is 5.69 Å². The number of hydrogen-bond acceptors (Lipinski definition) is 5. The lowest BCUT2D eigenvalue weighted by molar-refractivity contribution is -0.120. The van der Waals surface area contributed by atoms with Gasteiger partial charge in [-0.15, -0.1) is 0 Å². The molecule has 3 rings (SSSR count). The number of para-hydroxylation sites is 1. The Morgan fingerprint density at radius 3 is 2.54 bits per heavy atom. The van der Waals surface area contributed by atoms with E-state index in [1.807, 2.05) is 19.9 Å². The van der Waals surface area contributed by atoms with Gasteiger partial charge in [-0.25, -0.2) is 4.98 Å². The van der Waals surface area contributed by atoms with E-state index in [1.54, 1.807) is 43.5 Å². The van der Waals surface area contributed by atoms with Crippen LogP contribution in [0.25, 0.3) is 10.9 Å². The molecule has 0 fully saturated rings. The number of anilines is 1. The number of fused-ring (bicyclic) bond motifs is 1. The number of amides is 1. The molecule has 146 valence electrons. The molecule has 7 nitrogen and oxygen atoms in total. The van der Waals surface area contributed by atoms with Gasteiger partial charge >= 0.3 is 0 Å². The molecule has 0 unspecified atom stereocenters. The van der Waals surface area contributed by atoms with Crippen LogP contribution in [0.5, 0.6) is 11.5 Å². The maximum absolute atomic E-state index is 13.1. The molecule has 2 aromatic carbocycles. The zero-order valence-corrected chi connectivity index (χ0v) is 16.3. The number of methoxy groups -OCH3 is 2. The monoisotopic (exact) mass is 381 g/mol.